The molecule has 0 aromatic heterocycles. The fraction of sp³-hybridized carbons (Fsp3) is 0.600. The zero-order valence-electron chi connectivity index (χ0n) is 11.7. The van der Waals surface area contributed by atoms with Gasteiger partial charge in [0.25, 0.3) is 0 Å². The molecule has 1 aromatic carbocycles. The van der Waals surface area contributed by atoms with Gasteiger partial charge in [0, 0.05) is 12.1 Å². The van der Waals surface area contributed by atoms with Crippen LogP contribution in [0.4, 0.5) is 13.2 Å². The van der Waals surface area contributed by atoms with E-state index in [1.807, 2.05) is 37.3 Å². The molecule has 1 fully saturated rings. The van der Waals surface area contributed by atoms with Gasteiger partial charge in [-0.05, 0) is 38.4 Å². The van der Waals surface area contributed by atoms with Gasteiger partial charge in [-0.1, -0.05) is 30.3 Å². The van der Waals surface area contributed by atoms with E-state index < -0.39 is 12.7 Å². The van der Waals surface area contributed by atoms with Crippen molar-refractivity contribution in [3.63, 3.8) is 0 Å². The molecule has 1 aromatic rings. The third kappa shape index (κ3) is 4.21. The Morgan fingerprint density at radius 2 is 1.75 bits per heavy atom. The van der Waals surface area contributed by atoms with E-state index in [-0.39, 0.29) is 12.1 Å². The molecule has 1 aliphatic rings. The standard InChI is InChI=1S/C15H21F3N2/c1-12(20-9-5-6-10-20)14(19-11-15(16,17)18)13-7-3-2-4-8-13/h2-4,7-8,12,14,19H,5-6,9-11H2,1H3/t12-,14-/m0/s1. The second-order valence-electron chi connectivity index (χ2n) is 5.37. The SMILES string of the molecule is C[C@@H]([C@H](NCC(F)(F)F)c1ccccc1)N1CCCC1. The number of benzene rings is 1. The molecule has 0 radical (unpaired) electrons. The molecule has 2 nitrogen and oxygen atoms in total. The minimum Gasteiger partial charge on any atom is -0.300 e. The van der Waals surface area contributed by atoms with Crippen LogP contribution in [0, 0.1) is 0 Å². The van der Waals surface area contributed by atoms with Crippen LogP contribution in [-0.2, 0) is 0 Å². The van der Waals surface area contributed by atoms with Crippen LogP contribution < -0.4 is 5.32 Å². The highest BCUT2D eigenvalue weighted by molar-refractivity contribution is 5.20. The first kappa shape index (κ1) is 15.3. The lowest BCUT2D eigenvalue weighted by Gasteiger charge is -2.33. The highest BCUT2D eigenvalue weighted by Gasteiger charge is 2.32. The molecule has 1 N–H and O–H groups in total. The molecule has 0 amide bonds. The Labute approximate surface area is 118 Å². The van der Waals surface area contributed by atoms with E-state index in [0.29, 0.717) is 0 Å². The van der Waals surface area contributed by atoms with E-state index in [4.69, 9.17) is 0 Å². The Balaban J connectivity index is 2.10. The summed E-state index contributed by atoms with van der Waals surface area (Å²) in [6, 6.07) is 9.16. The normalized spacial score (nSPS) is 20.0. The zero-order valence-corrected chi connectivity index (χ0v) is 11.7. The molecule has 1 heterocycles. The van der Waals surface area contributed by atoms with Gasteiger partial charge in [-0.15, -0.1) is 0 Å². The molecule has 0 saturated carbocycles. The molecule has 0 spiro atoms. The van der Waals surface area contributed by atoms with E-state index in [0.717, 1.165) is 31.5 Å². The fourth-order valence-corrected chi connectivity index (χ4v) is 2.81. The van der Waals surface area contributed by atoms with E-state index >= 15 is 0 Å². The summed E-state index contributed by atoms with van der Waals surface area (Å²) in [5.41, 5.74) is 0.913. The van der Waals surface area contributed by atoms with Crippen molar-refractivity contribution in [2.24, 2.45) is 0 Å². The van der Waals surface area contributed by atoms with Gasteiger partial charge in [0.05, 0.1) is 6.54 Å². The van der Waals surface area contributed by atoms with Crippen molar-refractivity contribution >= 4 is 0 Å². The van der Waals surface area contributed by atoms with Gasteiger partial charge in [-0.3, -0.25) is 4.90 Å². The number of nitrogens with zero attached hydrogens (tertiary/aromatic N) is 1. The van der Waals surface area contributed by atoms with Crippen LogP contribution >= 0.6 is 0 Å². The van der Waals surface area contributed by atoms with Gasteiger partial charge in [-0.25, -0.2) is 0 Å². The quantitative estimate of drug-likeness (QED) is 0.893. The van der Waals surface area contributed by atoms with Gasteiger partial charge in [0.2, 0.25) is 0 Å². The van der Waals surface area contributed by atoms with Crippen molar-refractivity contribution in [2.75, 3.05) is 19.6 Å². The van der Waals surface area contributed by atoms with Crippen LogP contribution in [0.5, 0.6) is 0 Å². The predicted molar refractivity (Wildman–Crippen MR) is 73.5 cm³/mol. The van der Waals surface area contributed by atoms with Gasteiger partial charge in [0.1, 0.15) is 0 Å². The Bertz CT molecular complexity index is 399. The molecule has 20 heavy (non-hydrogen) atoms. The van der Waals surface area contributed by atoms with Crippen molar-refractivity contribution in [3.8, 4) is 0 Å². The number of alkyl halides is 3. The number of hydrogen-bond acceptors (Lipinski definition) is 2. The van der Waals surface area contributed by atoms with Crippen LogP contribution in [0.2, 0.25) is 0 Å². The molecule has 1 saturated heterocycles. The minimum atomic E-state index is -4.18. The van der Waals surface area contributed by atoms with Gasteiger partial charge >= 0.3 is 6.18 Å². The van der Waals surface area contributed by atoms with E-state index in [1.54, 1.807) is 0 Å². The van der Waals surface area contributed by atoms with Crippen LogP contribution in [0.15, 0.2) is 30.3 Å². The molecule has 112 valence electrons. The maximum atomic E-state index is 12.5. The summed E-state index contributed by atoms with van der Waals surface area (Å²) >= 11 is 0. The fourth-order valence-electron chi connectivity index (χ4n) is 2.81. The van der Waals surface area contributed by atoms with Gasteiger partial charge in [-0.2, -0.15) is 13.2 Å². The highest BCUT2D eigenvalue weighted by atomic mass is 19.4. The Kier molecular flexibility index (Phi) is 5.05. The van der Waals surface area contributed by atoms with Crippen LogP contribution in [-0.4, -0.2) is 36.8 Å². The van der Waals surface area contributed by atoms with Crippen molar-refractivity contribution < 1.29 is 13.2 Å². The van der Waals surface area contributed by atoms with Crippen molar-refractivity contribution in [1.29, 1.82) is 0 Å². The first-order valence-electron chi connectivity index (χ1n) is 7.06. The van der Waals surface area contributed by atoms with Crippen LogP contribution in [0.25, 0.3) is 0 Å². The highest BCUT2D eigenvalue weighted by Crippen LogP contribution is 2.25. The smallest absolute Gasteiger partial charge is 0.300 e. The van der Waals surface area contributed by atoms with Crippen LogP contribution in [0.1, 0.15) is 31.4 Å². The lowest BCUT2D eigenvalue weighted by Crippen LogP contribution is -2.44. The topological polar surface area (TPSA) is 15.3 Å². The number of hydrogen-bond donors (Lipinski definition) is 1. The largest absolute Gasteiger partial charge is 0.401 e. The molecule has 5 heteroatoms. The van der Waals surface area contributed by atoms with Crippen LogP contribution in [0.3, 0.4) is 0 Å². The summed E-state index contributed by atoms with van der Waals surface area (Å²) in [5, 5.41) is 2.69. The minimum absolute atomic E-state index is 0.0576. The second kappa shape index (κ2) is 6.59. The Hall–Kier alpha value is -1.07. The Morgan fingerprint density at radius 1 is 1.15 bits per heavy atom. The van der Waals surface area contributed by atoms with E-state index in [1.165, 1.54) is 0 Å². The number of nitrogens with one attached hydrogen (secondary N) is 1. The maximum absolute atomic E-state index is 12.5. The lowest BCUT2D eigenvalue weighted by molar-refractivity contribution is -0.127. The number of halogens is 3. The summed E-state index contributed by atoms with van der Waals surface area (Å²) in [6.07, 6.45) is -1.92. The second-order valence-corrected chi connectivity index (χ2v) is 5.37. The average molecular weight is 286 g/mol. The van der Waals surface area contributed by atoms with Gasteiger partial charge < -0.3 is 5.32 Å². The third-order valence-corrected chi connectivity index (χ3v) is 3.88. The van der Waals surface area contributed by atoms with E-state index in [9.17, 15) is 13.2 Å². The molecule has 0 bridgehead atoms. The molecule has 1 aliphatic heterocycles. The molecule has 0 aliphatic carbocycles. The predicted octanol–water partition coefficient (Wildman–Crippen LogP) is 3.36. The average Bonchev–Trinajstić information content (AvgIpc) is 2.92. The number of likely N-dealkylation sites (tertiary alicyclic amines) is 1. The maximum Gasteiger partial charge on any atom is 0.401 e. The molecular formula is C15H21F3N2. The van der Waals surface area contributed by atoms with Gasteiger partial charge in [0.15, 0.2) is 0 Å². The third-order valence-electron chi connectivity index (χ3n) is 3.88. The first-order chi connectivity index (χ1) is 9.47. The van der Waals surface area contributed by atoms with Crippen molar-refractivity contribution in [2.45, 2.75) is 38.0 Å². The first-order valence-corrected chi connectivity index (χ1v) is 7.06. The van der Waals surface area contributed by atoms with Crippen molar-refractivity contribution in [1.82, 2.24) is 10.2 Å². The molecule has 0 unspecified atom stereocenters. The number of rotatable bonds is 5. The molecular weight excluding hydrogens is 265 g/mol. The molecule has 2 atom stereocenters. The zero-order chi connectivity index (χ0) is 14.6. The molecule has 2 rings (SSSR count). The Morgan fingerprint density at radius 3 is 2.30 bits per heavy atom. The lowest BCUT2D eigenvalue weighted by atomic mass is 9.99. The summed E-state index contributed by atoms with van der Waals surface area (Å²) in [5.74, 6) is 0. The summed E-state index contributed by atoms with van der Waals surface area (Å²) in [6.45, 7) is 2.99. The monoisotopic (exact) mass is 286 g/mol. The summed E-state index contributed by atoms with van der Waals surface area (Å²) < 4.78 is 37.5. The van der Waals surface area contributed by atoms with E-state index in [2.05, 4.69) is 10.2 Å². The summed E-state index contributed by atoms with van der Waals surface area (Å²) in [7, 11) is 0. The summed E-state index contributed by atoms with van der Waals surface area (Å²) in [4.78, 5) is 2.26. The van der Waals surface area contributed by atoms with Crippen molar-refractivity contribution in [3.05, 3.63) is 35.9 Å².